The zero-order chi connectivity index (χ0) is 12.3. The minimum Gasteiger partial charge on any atom is -0.392 e. The predicted octanol–water partition coefficient (Wildman–Crippen LogP) is 1.47. The molecule has 1 unspecified atom stereocenters. The minimum absolute atomic E-state index is 0.316. The fourth-order valence-electron chi connectivity index (χ4n) is 2.94. The lowest BCUT2D eigenvalue weighted by Gasteiger charge is -2.41. The van der Waals surface area contributed by atoms with Crippen molar-refractivity contribution in [3.05, 3.63) is 0 Å². The van der Waals surface area contributed by atoms with Gasteiger partial charge in [0.2, 0.25) is 0 Å². The zero-order valence-corrected chi connectivity index (χ0v) is 11.7. The van der Waals surface area contributed by atoms with E-state index in [1.165, 1.54) is 38.9 Å². The molecule has 0 amide bonds. The Bertz CT molecular complexity index is 257. The van der Waals surface area contributed by atoms with E-state index >= 15 is 0 Å². The molecular weight excluding hydrogens is 230 g/mol. The summed E-state index contributed by atoms with van der Waals surface area (Å²) in [5, 5.41) is 0. The molecule has 1 saturated carbocycles. The second-order valence-corrected chi connectivity index (χ2v) is 5.93. The van der Waals surface area contributed by atoms with Crippen LogP contribution in [0.2, 0.25) is 0 Å². The molecule has 17 heavy (non-hydrogen) atoms. The number of hydrogen-bond donors (Lipinski definition) is 1. The van der Waals surface area contributed by atoms with Crippen molar-refractivity contribution in [2.24, 2.45) is 11.7 Å². The van der Waals surface area contributed by atoms with Gasteiger partial charge in [-0.2, -0.15) is 0 Å². The average molecular weight is 255 g/mol. The Kier molecular flexibility index (Phi) is 4.77. The van der Waals surface area contributed by atoms with Crippen LogP contribution in [0.1, 0.15) is 32.6 Å². The Morgan fingerprint density at radius 1 is 1.29 bits per heavy atom. The highest BCUT2D eigenvalue weighted by Gasteiger charge is 2.26. The first-order chi connectivity index (χ1) is 8.20. The van der Waals surface area contributed by atoms with Crippen LogP contribution in [0.5, 0.6) is 0 Å². The summed E-state index contributed by atoms with van der Waals surface area (Å²) in [6, 6.07) is 0.316. The van der Waals surface area contributed by atoms with E-state index in [0.717, 1.165) is 25.4 Å². The van der Waals surface area contributed by atoms with Gasteiger partial charge in [0, 0.05) is 32.7 Å². The van der Waals surface area contributed by atoms with Crippen molar-refractivity contribution < 1.29 is 0 Å². The molecule has 98 valence electrons. The number of thiocarbonyl (C=S) groups is 1. The van der Waals surface area contributed by atoms with Gasteiger partial charge in [-0.1, -0.05) is 25.6 Å². The van der Waals surface area contributed by atoms with Crippen LogP contribution < -0.4 is 5.73 Å². The molecule has 0 aromatic carbocycles. The predicted molar refractivity (Wildman–Crippen MR) is 76.2 cm³/mol. The van der Waals surface area contributed by atoms with Crippen LogP contribution in [0, 0.1) is 5.92 Å². The average Bonchev–Trinajstić information content (AvgIpc) is 2.26. The van der Waals surface area contributed by atoms with Gasteiger partial charge >= 0.3 is 0 Å². The van der Waals surface area contributed by atoms with E-state index in [-0.39, 0.29) is 0 Å². The number of rotatable bonds is 5. The molecule has 4 heteroatoms. The van der Waals surface area contributed by atoms with E-state index in [0.29, 0.717) is 11.0 Å². The molecule has 0 aromatic rings. The van der Waals surface area contributed by atoms with E-state index in [4.69, 9.17) is 18.0 Å². The lowest BCUT2D eigenvalue weighted by Crippen LogP contribution is -2.54. The van der Waals surface area contributed by atoms with Gasteiger partial charge in [0.15, 0.2) is 0 Å². The third-order valence-electron chi connectivity index (χ3n) is 4.30. The first kappa shape index (κ1) is 13.2. The number of nitrogens with two attached hydrogens (primary N) is 1. The Morgan fingerprint density at radius 2 is 1.94 bits per heavy atom. The fourth-order valence-corrected chi connectivity index (χ4v) is 3.25. The highest BCUT2D eigenvalue weighted by Crippen LogP contribution is 2.27. The summed E-state index contributed by atoms with van der Waals surface area (Å²) < 4.78 is 0. The maximum Gasteiger partial charge on any atom is 0.0901 e. The van der Waals surface area contributed by atoms with Crippen molar-refractivity contribution >= 4 is 17.2 Å². The molecule has 1 heterocycles. The maximum absolute atomic E-state index is 5.80. The van der Waals surface area contributed by atoms with Gasteiger partial charge in [-0.3, -0.25) is 4.90 Å². The van der Waals surface area contributed by atoms with E-state index in [1.807, 2.05) is 0 Å². The van der Waals surface area contributed by atoms with Gasteiger partial charge < -0.3 is 10.6 Å². The van der Waals surface area contributed by atoms with Crippen molar-refractivity contribution in [3.8, 4) is 0 Å². The molecule has 1 atom stereocenters. The van der Waals surface area contributed by atoms with Crippen molar-refractivity contribution in [2.75, 3.05) is 32.7 Å². The Hall–Kier alpha value is -0.190. The molecular formula is C13H25N3S. The van der Waals surface area contributed by atoms with Crippen LogP contribution in [0.3, 0.4) is 0 Å². The highest BCUT2D eigenvalue weighted by atomic mass is 32.1. The summed E-state index contributed by atoms with van der Waals surface area (Å²) in [7, 11) is 0. The topological polar surface area (TPSA) is 32.5 Å². The maximum atomic E-state index is 5.80. The van der Waals surface area contributed by atoms with E-state index in [1.54, 1.807) is 0 Å². The Balaban J connectivity index is 1.74. The summed E-state index contributed by atoms with van der Waals surface area (Å²) in [4.78, 5) is 5.74. The molecule has 1 aliphatic carbocycles. The SMILES string of the molecule is CCC(C(N)=S)N1CCN(CC2CCC2)CC1. The van der Waals surface area contributed by atoms with Crippen molar-refractivity contribution in [2.45, 2.75) is 38.6 Å². The molecule has 2 aliphatic rings. The fraction of sp³-hybridized carbons (Fsp3) is 0.923. The van der Waals surface area contributed by atoms with Crippen molar-refractivity contribution in [1.82, 2.24) is 9.80 Å². The van der Waals surface area contributed by atoms with Crippen LogP contribution in [-0.4, -0.2) is 53.6 Å². The number of nitrogens with zero attached hydrogens (tertiary/aromatic N) is 2. The third-order valence-corrected chi connectivity index (χ3v) is 4.58. The standard InChI is InChI=1S/C13H25N3S/c1-2-12(13(14)17)16-8-6-15(7-9-16)10-11-4-3-5-11/h11-12H,2-10H2,1H3,(H2,14,17). The lowest BCUT2D eigenvalue weighted by molar-refractivity contribution is 0.0896. The van der Waals surface area contributed by atoms with Crippen molar-refractivity contribution in [1.29, 1.82) is 0 Å². The normalized spacial score (nSPS) is 25.5. The Morgan fingerprint density at radius 3 is 2.35 bits per heavy atom. The van der Waals surface area contributed by atoms with Crippen LogP contribution in [0.15, 0.2) is 0 Å². The molecule has 2 N–H and O–H groups in total. The number of hydrogen-bond acceptors (Lipinski definition) is 3. The monoisotopic (exact) mass is 255 g/mol. The van der Waals surface area contributed by atoms with E-state index in [9.17, 15) is 0 Å². The van der Waals surface area contributed by atoms with Gasteiger partial charge in [-0.05, 0) is 25.2 Å². The van der Waals surface area contributed by atoms with Crippen LogP contribution in [0.25, 0.3) is 0 Å². The lowest BCUT2D eigenvalue weighted by atomic mass is 9.85. The summed E-state index contributed by atoms with van der Waals surface area (Å²) in [6.07, 6.45) is 5.39. The first-order valence-corrected chi connectivity index (χ1v) is 7.37. The molecule has 3 nitrogen and oxygen atoms in total. The zero-order valence-electron chi connectivity index (χ0n) is 10.9. The van der Waals surface area contributed by atoms with Gasteiger partial charge in [0.1, 0.15) is 0 Å². The van der Waals surface area contributed by atoms with Crippen LogP contribution in [-0.2, 0) is 0 Å². The molecule has 0 bridgehead atoms. The second kappa shape index (κ2) is 6.12. The third kappa shape index (κ3) is 3.39. The van der Waals surface area contributed by atoms with Crippen LogP contribution >= 0.6 is 12.2 Å². The molecule has 0 spiro atoms. The molecule has 0 radical (unpaired) electrons. The van der Waals surface area contributed by atoms with Gasteiger partial charge in [0.05, 0.1) is 11.0 Å². The van der Waals surface area contributed by atoms with Gasteiger partial charge in [0.25, 0.3) is 0 Å². The summed E-state index contributed by atoms with van der Waals surface area (Å²) in [5.74, 6) is 0.985. The molecule has 1 saturated heterocycles. The second-order valence-electron chi connectivity index (χ2n) is 5.46. The quantitative estimate of drug-likeness (QED) is 0.754. The highest BCUT2D eigenvalue weighted by molar-refractivity contribution is 7.80. The van der Waals surface area contributed by atoms with E-state index < -0.39 is 0 Å². The van der Waals surface area contributed by atoms with Gasteiger partial charge in [-0.15, -0.1) is 0 Å². The summed E-state index contributed by atoms with van der Waals surface area (Å²) >= 11 is 5.15. The summed E-state index contributed by atoms with van der Waals surface area (Å²) in [6.45, 7) is 8.12. The summed E-state index contributed by atoms with van der Waals surface area (Å²) in [5.41, 5.74) is 5.80. The first-order valence-electron chi connectivity index (χ1n) is 6.96. The molecule has 0 aromatic heterocycles. The van der Waals surface area contributed by atoms with Crippen LogP contribution in [0.4, 0.5) is 0 Å². The smallest absolute Gasteiger partial charge is 0.0901 e. The van der Waals surface area contributed by atoms with E-state index in [2.05, 4.69) is 16.7 Å². The van der Waals surface area contributed by atoms with Gasteiger partial charge in [-0.25, -0.2) is 0 Å². The minimum atomic E-state index is 0.316. The molecule has 2 rings (SSSR count). The molecule has 2 fully saturated rings. The molecule has 1 aliphatic heterocycles. The Labute approximate surface area is 110 Å². The largest absolute Gasteiger partial charge is 0.392 e. The number of piperazine rings is 1. The van der Waals surface area contributed by atoms with Crippen molar-refractivity contribution in [3.63, 3.8) is 0 Å².